The monoisotopic (exact) mass is 295 g/mol. The van der Waals surface area contributed by atoms with Gasteiger partial charge in [0.1, 0.15) is 0 Å². The molecule has 1 aliphatic rings. The molecular formula is C14H18ClN3O2. The van der Waals surface area contributed by atoms with Crippen LogP contribution < -0.4 is 10.6 Å². The van der Waals surface area contributed by atoms with Gasteiger partial charge in [0.2, 0.25) is 5.91 Å². The lowest BCUT2D eigenvalue weighted by atomic mass is 10.1. The second-order valence-corrected chi connectivity index (χ2v) is 5.14. The number of carbonyl (C=O) groups excluding carboxylic acids is 2. The van der Waals surface area contributed by atoms with Gasteiger partial charge in [-0.15, -0.1) is 0 Å². The molecule has 1 aromatic carbocycles. The van der Waals surface area contributed by atoms with Crippen molar-refractivity contribution in [2.75, 3.05) is 25.0 Å². The van der Waals surface area contributed by atoms with Gasteiger partial charge < -0.3 is 15.5 Å². The minimum absolute atomic E-state index is 0.0102. The number of carbonyl (C=O) groups is 2. The van der Waals surface area contributed by atoms with E-state index in [2.05, 4.69) is 10.6 Å². The average molecular weight is 296 g/mol. The maximum atomic E-state index is 11.9. The lowest BCUT2D eigenvalue weighted by Crippen LogP contribution is -2.43. The molecule has 0 atom stereocenters. The molecule has 108 valence electrons. The first-order valence-electron chi connectivity index (χ1n) is 6.74. The number of amides is 3. The molecule has 1 fully saturated rings. The van der Waals surface area contributed by atoms with Crippen LogP contribution in [0.25, 0.3) is 0 Å². The highest BCUT2D eigenvalue weighted by atomic mass is 35.5. The summed E-state index contributed by atoms with van der Waals surface area (Å²) < 4.78 is 0. The van der Waals surface area contributed by atoms with E-state index in [-0.39, 0.29) is 12.5 Å². The normalized spacial score (nSPS) is 14.8. The van der Waals surface area contributed by atoms with Crippen molar-refractivity contribution in [1.29, 1.82) is 0 Å². The van der Waals surface area contributed by atoms with E-state index in [1.807, 2.05) is 0 Å². The molecule has 1 heterocycles. The van der Waals surface area contributed by atoms with Gasteiger partial charge in [0.15, 0.2) is 0 Å². The molecule has 0 unspecified atom stereocenters. The zero-order valence-corrected chi connectivity index (χ0v) is 11.9. The van der Waals surface area contributed by atoms with E-state index in [1.54, 1.807) is 29.2 Å². The average Bonchev–Trinajstić information content (AvgIpc) is 2.48. The molecule has 2 N–H and O–H groups in total. The first-order chi connectivity index (χ1) is 9.66. The quantitative estimate of drug-likeness (QED) is 0.900. The largest absolute Gasteiger partial charge is 0.341 e. The molecule has 1 aliphatic heterocycles. The molecule has 2 rings (SSSR count). The summed E-state index contributed by atoms with van der Waals surface area (Å²) in [5, 5.41) is 5.63. The number of halogens is 1. The predicted molar refractivity (Wildman–Crippen MR) is 78.9 cm³/mol. The Labute approximate surface area is 123 Å². The predicted octanol–water partition coefficient (Wildman–Crippen LogP) is 2.47. The van der Waals surface area contributed by atoms with Gasteiger partial charge in [0.05, 0.1) is 17.3 Å². The van der Waals surface area contributed by atoms with E-state index in [9.17, 15) is 9.59 Å². The van der Waals surface area contributed by atoms with Gasteiger partial charge in [-0.05, 0) is 31.4 Å². The summed E-state index contributed by atoms with van der Waals surface area (Å²) in [6.45, 7) is 1.58. The van der Waals surface area contributed by atoms with E-state index in [0.29, 0.717) is 10.7 Å². The summed E-state index contributed by atoms with van der Waals surface area (Å²) in [7, 11) is 0. The number of urea groups is 1. The number of benzene rings is 1. The van der Waals surface area contributed by atoms with Gasteiger partial charge in [0.25, 0.3) is 0 Å². The maximum absolute atomic E-state index is 11.9. The standard InChI is InChI=1S/C14H18ClN3O2/c15-11-6-2-3-7-12(11)17-14(20)16-10-13(19)18-8-4-1-5-9-18/h2-3,6-7H,1,4-5,8-10H2,(H2,16,17,20). The molecule has 3 amide bonds. The number of hydrogen-bond donors (Lipinski definition) is 2. The molecule has 20 heavy (non-hydrogen) atoms. The van der Waals surface area contributed by atoms with Gasteiger partial charge in [0, 0.05) is 13.1 Å². The van der Waals surface area contributed by atoms with E-state index < -0.39 is 6.03 Å². The molecule has 0 radical (unpaired) electrons. The van der Waals surface area contributed by atoms with Crippen LogP contribution in [-0.2, 0) is 4.79 Å². The van der Waals surface area contributed by atoms with Gasteiger partial charge in [-0.3, -0.25) is 4.79 Å². The SMILES string of the molecule is O=C(NCC(=O)N1CCCCC1)Nc1ccccc1Cl. The number of para-hydroxylation sites is 1. The number of nitrogens with zero attached hydrogens (tertiary/aromatic N) is 1. The van der Waals surface area contributed by atoms with Crippen LogP contribution in [0.4, 0.5) is 10.5 Å². The van der Waals surface area contributed by atoms with Gasteiger partial charge in [-0.2, -0.15) is 0 Å². The highest BCUT2D eigenvalue weighted by molar-refractivity contribution is 6.33. The third kappa shape index (κ3) is 4.13. The fourth-order valence-electron chi connectivity index (χ4n) is 2.14. The van der Waals surface area contributed by atoms with E-state index in [4.69, 9.17) is 11.6 Å². The van der Waals surface area contributed by atoms with Crippen molar-refractivity contribution >= 4 is 29.2 Å². The van der Waals surface area contributed by atoms with E-state index in [0.717, 1.165) is 25.9 Å². The molecule has 0 aromatic heterocycles. The number of piperidine rings is 1. The van der Waals surface area contributed by atoms with Crippen molar-refractivity contribution in [3.05, 3.63) is 29.3 Å². The lowest BCUT2D eigenvalue weighted by molar-refractivity contribution is -0.130. The smallest absolute Gasteiger partial charge is 0.319 e. The van der Waals surface area contributed by atoms with Crippen molar-refractivity contribution in [2.45, 2.75) is 19.3 Å². The summed E-state index contributed by atoms with van der Waals surface area (Å²) in [4.78, 5) is 25.4. The summed E-state index contributed by atoms with van der Waals surface area (Å²) in [6.07, 6.45) is 3.25. The third-order valence-electron chi connectivity index (χ3n) is 3.23. The van der Waals surface area contributed by atoms with Crippen LogP contribution in [0, 0.1) is 0 Å². The number of rotatable bonds is 3. The Morgan fingerprint density at radius 3 is 2.55 bits per heavy atom. The van der Waals surface area contributed by atoms with Crippen LogP contribution in [-0.4, -0.2) is 36.5 Å². The van der Waals surface area contributed by atoms with Crippen LogP contribution in [0.5, 0.6) is 0 Å². The highest BCUT2D eigenvalue weighted by Gasteiger charge is 2.16. The molecule has 6 heteroatoms. The van der Waals surface area contributed by atoms with Crippen LogP contribution in [0.2, 0.25) is 5.02 Å². The first-order valence-corrected chi connectivity index (χ1v) is 7.12. The van der Waals surface area contributed by atoms with Crippen LogP contribution in [0.15, 0.2) is 24.3 Å². The van der Waals surface area contributed by atoms with Gasteiger partial charge in [-0.1, -0.05) is 23.7 Å². The van der Waals surface area contributed by atoms with Crippen molar-refractivity contribution in [3.8, 4) is 0 Å². The molecule has 1 aromatic rings. The number of hydrogen-bond acceptors (Lipinski definition) is 2. The van der Waals surface area contributed by atoms with Crippen molar-refractivity contribution in [3.63, 3.8) is 0 Å². The Hall–Kier alpha value is -1.75. The second-order valence-electron chi connectivity index (χ2n) is 4.73. The molecule has 1 saturated heterocycles. The molecule has 0 spiro atoms. The van der Waals surface area contributed by atoms with E-state index >= 15 is 0 Å². The maximum Gasteiger partial charge on any atom is 0.319 e. The van der Waals surface area contributed by atoms with Crippen LogP contribution in [0.3, 0.4) is 0 Å². The zero-order valence-electron chi connectivity index (χ0n) is 11.2. The van der Waals surface area contributed by atoms with Crippen LogP contribution in [0.1, 0.15) is 19.3 Å². The highest BCUT2D eigenvalue weighted by Crippen LogP contribution is 2.19. The minimum atomic E-state index is -0.427. The topological polar surface area (TPSA) is 61.4 Å². The summed E-state index contributed by atoms with van der Waals surface area (Å²) >= 11 is 5.94. The molecule has 0 saturated carbocycles. The Kier molecular flexibility index (Phi) is 5.24. The minimum Gasteiger partial charge on any atom is -0.341 e. The first kappa shape index (κ1) is 14.7. The molecule has 0 bridgehead atoms. The zero-order chi connectivity index (χ0) is 14.4. The van der Waals surface area contributed by atoms with Crippen molar-refractivity contribution < 1.29 is 9.59 Å². The Bertz CT molecular complexity index is 487. The Balaban J connectivity index is 1.77. The second kappa shape index (κ2) is 7.14. The molecule has 5 nitrogen and oxygen atoms in total. The summed E-state index contributed by atoms with van der Waals surface area (Å²) in [5.74, 6) is -0.0426. The lowest BCUT2D eigenvalue weighted by Gasteiger charge is -2.26. The third-order valence-corrected chi connectivity index (χ3v) is 3.56. The molecule has 0 aliphatic carbocycles. The van der Waals surface area contributed by atoms with Gasteiger partial charge >= 0.3 is 6.03 Å². The summed E-state index contributed by atoms with van der Waals surface area (Å²) in [5.41, 5.74) is 0.525. The van der Waals surface area contributed by atoms with Crippen LogP contribution >= 0.6 is 11.6 Å². The number of likely N-dealkylation sites (tertiary alicyclic amines) is 1. The fourth-order valence-corrected chi connectivity index (χ4v) is 2.32. The van der Waals surface area contributed by atoms with E-state index in [1.165, 1.54) is 6.42 Å². The number of anilines is 1. The Morgan fingerprint density at radius 2 is 1.85 bits per heavy atom. The molecular weight excluding hydrogens is 278 g/mol. The summed E-state index contributed by atoms with van der Waals surface area (Å²) in [6, 6.07) is 6.53. The van der Waals surface area contributed by atoms with Crippen molar-refractivity contribution in [1.82, 2.24) is 10.2 Å². The Morgan fingerprint density at radius 1 is 1.15 bits per heavy atom. The number of nitrogens with one attached hydrogen (secondary N) is 2. The fraction of sp³-hybridized carbons (Fsp3) is 0.429. The van der Waals surface area contributed by atoms with Crippen molar-refractivity contribution in [2.24, 2.45) is 0 Å². The van der Waals surface area contributed by atoms with Gasteiger partial charge in [-0.25, -0.2) is 4.79 Å².